The van der Waals surface area contributed by atoms with E-state index in [0.29, 0.717) is 19.7 Å². The Morgan fingerprint density at radius 3 is 2.69 bits per heavy atom. The standard InChI is InChI=1S/C29H33N3O3/c1-29(2,3)23-10-12-24(13-11-23)35-16-14-32-20-22(26-8-4-5-9-27(26)32)17-21(18-30)28(33)31-19-25-7-6-15-34-25/h4-5,8-13,17,20,25H,6-7,14-16,19H2,1-3H3,(H,31,33)/b21-17+/t25-/m0/s1. The molecule has 0 radical (unpaired) electrons. The normalized spacial score (nSPS) is 16.3. The number of nitriles is 1. The van der Waals surface area contributed by atoms with Crippen molar-refractivity contribution in [3.05, 3.63) is 71.4 Å². The molecule has 1 aliphatic heterocycles. The summed E-state index contributed by atoms with van der Waals surface area (Å²) in [4.78, 5) is 12.6. The van der Waals surface area contributed by atoms with Crippen LogP contribution in [-0.2, 0) is 21.5 Å². The summed E-state index contributed by atoms with van der Waals surface area (Å²) in [5, 5.41) is 13.5. The number of carbonyl (C=O) groups excluding carboxylic acids is 1. The van der Waals surface area contributed by atoms with E-state index in [-0.39, 0.29) is 23.0 Å². The fraction of sp³-hybridized carbons (Fsp3) is 0.379. The number of rotatable bonds is 8. The van der Waals surface area contributed by atoms with Gasteiger partial charge in [-0.15, -0.1) is 0 Å². The topological polar surface area (TPSA) is 76.3 Å². The summed E-state index contributed by atoms with van der Waals surface area (Å²) in [5.41, 5.74) is 3.32. The largest absolute Gasteiger partial charge is 0.492 e. The molecular formula is C29H33N3O3. The van der Waals surface area contributed by atoms with E-state index in [9.17, 15) is 10.1 Å². The lowest BCUT2D eigenvalue weighted by Crippen LogP contribution is -2.32. The van der Waals surface area contributed by atoms with Gasteiger partial charge < -0.3 is 19.4 Å². The van der Waals surface area contributed by atoms with Crippen molar-refractivity contribution < 1.29 is 14.3 Å². The molecule has 0 aliphatic carbocycles. The van der Waals surface area contributed by atoms with E-state index in [4.69, 9.17) is 9.47 Å². The van der Waals surface area contributed by atoms with Crippen LogP contribution in [0.2, 0.25) is 0 Å². The molecule has 1 aliphatic rings. The zero-order chi connectivity index (χ0) is 24.8. The summed E-state index contributed by atoms with van der Waals surface area (Å²) in [6.07, 6.45) is 5.61. The Morgan fingerprint density at radius 1 is 1.23 bits per heavy atom. The van der Waals surface area contributed by atoms with Crippen LogP contribution in [0, 0.1) is 11.3 Å². The predicted molar refractivity (Wildman–Crippen MR) is 138 cm³/mol. The van der Waals surface area contributed by atoms with E-state index >= 15 is 0 Å². The number of fused-ring (bicyclic) bond motifs is 1. The van der Waals surface area contributed by atoms with Crippen LogP contribution in [0.1, 0.15) is 44.7 Å². The van der Waals surface area contributed by atoms with Crippen LogP contribution in [0.5, 0.6) is 5.75 Å². The van der Waals surface area contributed by atoms with Crippen molar-refractivity contribution in [2.45, 2.75) is 51.7 Å². The van der Waals surface area contributed by atoms with Crippen molar-refractivity contribution in [2.75, 3.05) is 19.8 Å². The molecule has 0 unspecified atom stereocenters. The second kappa shape index (κ2) is 10.8. The van der Waals surface area contributed by atoms with E-state index in [1.807, 2.05) is 42.6 Å². The molecule has 4 rings (SSSR count). The second-order valence-corrected chi connectivity index (χ2v) is 9.93. The first kappa shape index (κ1) is 24.6. The molecule has 2 heterocycles. The van der Waals surface area contributed by atoms with Gasteiger partial charge in [-0.05, 0) is 48.1 Å². The first-order valence-corrected chi connectivity index (χ1v) is 12.2. The first-order chi connectivity index (χ1) is 16.8. The fourth-order valence-electron chi connectivity index (χ4n) is 4.30. The number of aromatic nitrogens is 1. The molecule has 6 nitrogen and oxygen atoms in total. The molecule has 182 valence electrons. The maximum atomic E-state index is 12.6. The van der Waals surface area contributed by atoms with E-state index < -0.39 is 0 Å². The van der Waals surface area contributed by atoms with Crippen molar-refractivity contribution >= 4 is 22.9 Å². The van der Waals surface area contributed by atoms with E-state index in [0.717, 1.165) is 41.7 Å². The second-order valence-electron chi connectivity index (χ2n) is 9.93. The molecule has 1 aromatic heterocycles. The molecule has 1 fully saturated rings. The number of hydrogen-bond acceptors (Lipinski definition) is 4. The Balaban J connectivity index is 1.45. The summed E-state index contributed by atoms with van der Waals surface area (Å²) >= 11 is 0. The van der Waals surface area contributed by atoms with E-state index in [2.05, 4.69) is 48.9 Å². The Kier molecular flexibility index (Phi) is 7.57. The summed E-state index contributed by atoms with van der Waals surface area (Å²) in [7, 11) is 0. The summed E-state index contributed by atoms with van der Waals surface area (Å²) in [5.74, 6) is 0.464. The minimum absolute atomic E-state index is 0.0328. The molecule has 0 bridgehead atoms. The quantitative estimate of drug-likeness (QED) is 0.361. The number of nitrogens with zero attached hydrogens (tertiary/aromatic N) is 2. The van der Waals surface area contributed by atoms with Crippen molar-refractivity contribution in [1.82, 2.24) is 9.88 Å². The minimum atomic E-state index is -0.373. The van der Waals surface area contributed by atoms with Gasteiger partial charge in [0.05, 0.1) is 12.6 Å². The Labute approximate surface area is 207 Å². The number of hydrogen-bond donors (Lipinski definition) is 1. The highest BCUT2D eigenvalue weighted by Gasteiger charge is 2.18. The van der Waals surface area contributed by atoms with E-state index in [1.54, 1.807) is 6.08 Å². The SMILES string of the molecule is CC(C)(C)c1ccc(OCCn2cc(/C=C(\C#N)C(=O)NC[C@@H]3CCCO3)c3ccccc32)cc1. The zero-order valence-electron chi connectivity index (χ0n) is 20.7. The molecule has 0 spiro atoms. The van der Waals surface area contributed by atoms with Gasteiger partial charge in [-0.3, -0.25) is 4.79 Å². The molecule has 1 atom stereocenters. The number of carbonyl (C=O) groups is 1. The number of amides is 1. The minimum Gasteiger partial charge on any atom is -0.492 e. The number of ether oxygens (including phenoxy) is 2. The van der Waals surface area contributed by atoms with Gasteiger partial charge in [0, 0.05) is 35.8 Å². The van der Waals surface area contributed by atoms with Crippen LogP contribution in [0.25, 0.3) is 17.0 Å². The maximum Gasteiger partial charge on any atom is 0.262 e. The average Bonchev–Trinajstić information content (AvgIpc) is 3.49. The van der Waals surface area contributed by atoms with Crippen LogP contribution >= 0.6 is 0 Å². The number of para-hydroxylation sites is 1. The lowest BCUT2D eigenvalue weighted by molar-refractivity contribution is -0.117. The van der Waals surface area contributed by atoms with Gasteiger partial charge in [-0.2, -0.15) is 5.26 Å². The monoisotopic (exact) mass is 471 g/mol. The summed E-state index contributed by atoms with van der Waals surface area (Å²) in [6, 6.07) is 18.3. The molecule has 6 heteroatoms. The van der Waals surface area contributed by atoms with Gasteiger partial charge in [-0.1, -0.05) is 51.1 Å². The smallest absolute Gasteiger partial charge is 0.262 e. The van der Waals surface area contributed by atoms with E-state index in [1.165, 1.54) is 5.56 Å². The highest BCUT2D eigenvalue weighted by atomic mass is 16.5. The van der Waals surface area contributed by atoms with Crippen molar-refractivity contribution in [3.63, 3.8) is 0 Å². The molecule has 35 heavy (non-hydrogen) atoms. The third kappa shape index (κ3) is 6.12. The van der Waals surface area contributed by atoms with Crippen LogP contribution < -0.4 is 10.1 Å². The Hall–Kier alpha value is -3.56. The molecule has 1 N–H and O–H groups in total. The van der Waals surface area contributed by atoms with Crippen molar-refractivity contribution in [1.29, 1.82) is 5.26 Å². The predicted octanol–water partition coefficient (Wildman–Crippen LogP) is 5.22. The zero-order valence-corrected chi connectivity index (χ0v) is 20.7. The first-order valence-electron chi connectivity index (χ1n) is 12.2. The molecule has 3 aromatic rings. The average molecular weight is 472 g/mol. The molecular weight excluding hydrogens is 438 g/mol. The van der Waals surface area contributed by atoms with Gasteiger partial charge in [0.15, 0.2) is 0 Å². The molecule has 0 saturated carbocycles. The van der Waals surface area contributed by atoms with Crippen molar-refractivity contribution in [2.24, 2.45) is 0 Å². The lowest BCUT2D eigenvalue weighted by atomic mass is 9.87. The van der Waals surface area contributed by atoms with Crippen molar-refractivity contribution in [3.8, 4) is 11.8 Å². The Morgan fingerprint density at radius 2 is 2.00 bits per heavy atom. The third-order valence-corrected chi connectivity index (χ3v) is 6.32. The highest BCUT2D eigenvalue weighted by molar-refractivity contribution is 6.04. The number of nitrogens with one attached hydrogen (secondary N) is 1. The van der Waals surface area contributed by atoms with Gasteiger partial charge in [0.2, 0.25) is 0 Å². The molecule has 1 saturated heterocycles. The molecule has 2 aromatic carbocycles. The fourth-order valence-corrected chi connectivity index (χ4v) is 4.30. The highest BCUT2D eigenvalue weighted by Crippen LogP contribution is 2.26. The summed E-state index contributed by atoms with van der Waals surface area (Å²) < 4.78 is 13.6. The Bertz CT molecular complexity index is 1240. The maximum absolute atomic E-state index is 12.6. The lowest BCUT2D eigenvalue weighted by Gasteiger charge is -2.19. The van der Waals surface area contributed by atoms with Crippen LogP contribution in [0.15, 0.2) is 60.3 Å². The van der Waals surface area contributed by atoms with Gasteiger partial charge in [0.25, 0.3) is 5.91 Å². The van der Waals surface area contributed by atoms with Crippen LogP contribution in [0.3, 0.4) is 0 Å². The van der Waals surface area contributed by atoms with Gasteiger partial charge in [0.1, 0.15) is 24.0 Å². The van der Waals surface area contributed by atoms with Crippen LogP contribution in [0.4, 0.5) is 0 Å². The number of benzene rings is 2. The molecule has 1 amide bonds. The summed E-state index contributed by atoms with van der Waals surface area (Å²) in [6.45, 7) is 8.87. The third-order valence-electron chi connectivity index (χ3n) is 6.32. The van der Waals surface area contributed by atoms with Crippen LogP contribution in [-0.4, -0.2) is 36.3 Å². The van der Waals surface area contributed by atoms with Gasteiger partial charge >= 0.3 is 0 Å². The van der Waals surface area contributed by atoms with Gasteiger partial charge in [-0.25, -0.2) is 0 Å².